The summed E-state index contributed by atoms with van der Waals surface area (Å²) in [7, 11) is 0. The third kappa shape index (κ3) is 3.32. The lowest BCUT2D eigenvalue weighted by Crippen LogP contribution is -2.09. The molecular weight excluding hydrogens is 434 g/mol. The number of hydrogen-bond acceptors (Lipinski definition) is 1. The quantitative estimate of drug-likeness (QED) is 0.254. The maximum Gasteiger partial charge on any atom is 0.0468 e. The van der Waals surface area contributed by atoms with Gasteiger partial charge in [0.2, 0.25) is 0 Å². The average Bonchev–Trinajstić information content (AvgIpc) is 3.23. The summed E-state index contributed by atoms with van der Waals surface area (Å²) in [6.45, 7) is 2.15. The van der Waals surface area contributed by atoms with E-state index in [9.17, 15) is 0 Å². The zero-order chi connectivity index (χ0) is 24.1. The van der Waals surface area contributed by atoms with Gasteiger partial charge < -0.3 is 4.90 Å². The Morgan fingerprint density at radius 2 is 1.14 bits per heavy atom. The Morgan fingerprint density at radius 1 is 0.444 bits per heavy atom. The molecule has 6 aromatic rings. The fourth-order valence-electron chi connectivity index (χ4n) is 5.53. The zero-order valence-electron chi connectivity index (χ0n) is 20.1. The van der Waals surface area contributed by atoms with Crippen molar-refractivity contribution >= 4 is 38.6 Å². The number of anilines is 3. The van der Waals surface area contributed by atoms with E-state index in [2.05, 4.69) is 145 Å². The number of para-hydroxylation sites is 2. The Morgan fingerprint density at radius 3 is 1.89 bits per heavy atom. The number of aryl methyl sites for hydroxylation is 1. The molecule has 0 atom stereocenters. The molecule has 1 aliphatic rings. The van der Waals surface area contributed by atoms with Crippen molar-refractivity contribution in [2.24, 2.45) is 0 Å². The predicted molar refractivity (Wildman–Crippen MR) is 154 cm³/mol. The zero-order valence-corrected chi connectivity index (χ0v) is 20.1. The molecule has 7 rings (SSSR count). The van der Waals surface area contributed by atoms with Crippen LogP contribution < -0.4 is 4.90 Å². The summed E-state index contributed by atoms with van der Waals surface area (Å²) in [5.41, 5.74) is 9.95. The van der Waals surface area contributed by atoms with E-state index in [0.717, 1.165) is 17.1 Å². The molecule has 0 aromatic heterocycles. The van der Waals surface area contributed by atoms with Gasteiger partial charge in [-0.05, 0) is 99.3 Å². The van der Waals surface area contributed by atoms with Crippen molar-refractivity contribution < 1.29 is 0 Å². The maximum atomic E-state index is 2.36. The minimum atomic E-state index is 1.15. The van der Waals surface area contributed by atoms with Gasteiger partial charge in [0.1, 0.15) is 0 Å². The largest absolute Gasteiger partial charge is 0.310 e. The number of rotatable bonds is 3. The van der Waals surface area contributed by atoms with E-state index in [1.165, 1.54) is 49.4 Å². The Labute approximate surface area is 211 Å². The van der Waals surface area contributed by atoms with Crippen molar-refractivity contribution in [1.29, 1.82) is 0 Å². The normalized spacial score (nSPS) is 11.5. The predicted octanol–water partition coefficient (Wildman–Crippen LogP) is 9.98. The Hall–Kier alpha value is -4.62. The van der Waals surface area contributed by atoms with Crippen LogP contribution in [0.25, 0.3) is 43.8 Å². The molecule has 0 unspecified atom stereocenters. The molecule has 0 amide bonds. The summed E-state index contributed by atoms with van der Waals surface area (Å²) in [6.07, 6.45) is 0. The van der Waals surface area contributed by atoms with Gasteiger partial charge in [-0.3, -0.25) is 0 Å². The summed E-state index contributed by atoms with van der Waals surface area (Å²) in [5, 5.41) is 5.18. The van der Waals surface area contributed by atoms with Crippen LogP contribution in [-0.4, -0.2) is 0 Å². The van der Waals surface area contributed by atoms with Gasteiger partial charge in [-0.15, -0.1) is 0 Å². The summed E-state index contributed by atoms with van der Waals surface area (Å²) < 4.78 is 0. The lowest BCUT2D eigenvalue weighted by atomic mass is 9.98. The van der Waals surface area contributed by atoms with Gasteiger partial charge in [0.25, 0.3) is 0 Å². The molecule has 0 saturated heterocycles. The van der Waals surface area contributed by atoms with E-state index >= 15 is 0 Å². The summed E-state index contributed by atoms with van der Waals surface area (Å²) in [6, 6.07) is 48.4. The molecule has 0 spiro atoms. The van der Waals surface area contributed by atoms with Crippen LogP contribution in [0.3, 0.4) is 0 Å². The third-order valence-corrected chi connectivity index (χ3v) is 7.21. The van der Waals surface area contributed by atoms with E-state index in [1.807, 2.05) is 0 Å². The first-order chi connectivity index (χ1) is 17.8. The highest BCUT2D eigenvalue weighted by Gasteiger charge is 2.24. The van der Waals surface area contributed by atoms with Crippen LogP contribution in [-0.2, 0) is 0 Å². The molecule has 2 bridgehead atoms. The van der Waals surface area contributed by atoms with E-state index in [0.29, 0.717) is 0 Å². The number of nitrogens with zero attached hydrogens (tertiary/aromatic N) is 1. The van der Waals surface area contributed by atoms with Crippen LogP contribution in [0.4, 0.5) is 17.1 Å². The molecule has 0 radical (unpaired) electrons. The lowest BCUT2D eigenvalue weighted by Gasteiger charge is -2.26. The molecule has 170 valence electrons. The van der Waals surface area contributed by atoms with E-state index < -0.39 is 0 Å². The van der Waals surface area contributed by atoms with Gasteiger partial charge >= 0.3 is 0 Å². The highest BCUT2D eigenvalue weighted by atomic mass is 15.1. The molecular formula is C35H25N. The van der Waals surface area contributed by atoms with Gasteiger partial charge in [0, 0.05) is 17.1 Å². The van der Waals surface area contributed by atoms with Crippen molar-refractivity contribution in [2.45, 2.75) is 6.92 Å². The maximum absolute atomic E-state index is 2.36. The van der Waals surface area contributed by atoms with Crippen molar-refractivity contribution in [3.05, 3.63) is 139 Å². The fraction of sp³-hybridized carbons (Fsp3) is 0.0286. The first kappa shape index (κ1) is 20.7. The standard InChI is InChI=1S/C35H25N/c1-24-9-8-10-25-21-32-26(16-15-24)17-19-31-33-23-29(18-20-30(33)34(22-25)35(31)32)36(27-11-4-2-5-12-27)28-13-6-3-7-14-28/h2-23H,1H3. The van der Waals surface area contributed by atoms with Crippen LogP contribution in [0.5, 0.6) is 0 Å². The van der Waals surface area contributed by atoms with Crippen molar-refractivity contribution in [3.63, 3.8) is 0 Å². The van der Waals surface area contributed by atoms with E-state index in [4.69, 9.17) is 0 Å². The van der Waals surface area contributed by atoms with Crippen LogP contribution in [0.15, 0.2) is 133 Å². The Balaban J connectivity index is 1.48. The van der Waals surface area contributed by atoms with Gasteiger partial charge in [0.05, 0.1) is 0 Å². The summed E-state index contributed by atoms with van der Waals surface area (Å²) >= 11 is 0. The second-order valence-corrected chi connectivity index (χ2v) is 9.53. The van der Waals surface area contributed by atoms with Gasteiger partial charge in [-0.1, -0.05) is 90.5 Å². The van der Waals surface area contributed by atoms with E-state index in [1.54, 1.807) is 0 Å². The monoisotopic (exact) mass is 459 g/mol. The van der Waals surface area contributed by atoms with Gasteiger partial charge in [-0.2, -0.15) is 0 Å². The topological polar surface area (TPSA) is 3.24 Å². The molecule has 1 aliphatic carbocycles. The minimum Gasteiger partial charge on any atom is -0.310 e. The molecule has 0 fully saturated rings. The lowest BCUT2D eigenvalue weighted by molar-refractivity contribution is 1.28. The smallest absolute Gasteiger partial charge is 0.0468 e. The molecule has 1 heteroatoms. The summed E-state index contributed by atoms with van der Waals surface area (Å²) in [4.78, 5) is 2.34. The van der Waals surface area contributed by atoms with Crippen molar-refractivity contribution in [1.82, 2.24) is 0 Å². The third-order valence-electron chi connectivity index (χ3n) is 7.21. The second kappa shape index (κ2) is 8.25. The van der Waals surface area contributed by atoms with Crippen LogP contribution in [0.2, 0.25) is 0 Å². The highest BCUT2D eigenvalue weighted by Crippen LogP contribution is 2.50. The molecule has 0 aliphatic heterocycles. The summed E-state index contributed by atoms with van der Waals surface area (Å²) in [5.74, 6) is 0. The van der Waals surface area contributed by atoms with Crippen molar-refractivity contribution in [2.75, 3.05) is 4.90 Å². The second-order valence-electron chi connectivity index (χ2n) is 9.53. The molecule has 36 heavy (non-hydrogen) atoms. The van der Waals surface area contributed by atoms with Crippen LogP contribution in [0.1, 0.15) is 5.56 Å². The molecule has 6 aromatic carbocycles. The SMILES string of the molecule is Cc1cccc2cc3c4c(ccc(cc1)c4c2)-c1cc(N(c2ccccc2)c2ccccc2)ccc1-3. The molecule has 0 saturated carbocycles. The average molecular weight is 460 g/mol. The molecule has 1 nitrogen and oxygen atoms in total. The first-order valence-corrected chi connectivity index (χ1v) is 12.5. The van der Waals surface area contributed by atoms with Gasteiger partial charge in [-0.25, -0.2) is 0 Å². The number of fused-ring (bicyclic) bond motifs is 4. The molecule has 0 N–H and O–H groups in total. The van der Waals surface area contributed by atoms with Crippen molar-refractivity contribution in [3.8, 4) is 22.3 Å². The van der Waals surface area contributed by atoms with Crippen LogP contribution >= 0.6 is 0 Å². The number of benzene rings is 5. The van der Waals surface area contributed by atoms with Crippen LogP contribution in [0, 0.1) is 6.92 Å². The Kier molecular flexibility index (Phi) is 4.75. The van der Waals surface area contributed by atoms with Gasteiger partial charge in [0.15, 0.2) is 0 Å². The minimum absolute atomic E-state index is 1.15. The first-order valence-electron chi connectivity index (χ1n) is 12.5. The fourth-order valence-corrected chi connectivity index (χ4v) is 5.53. The highest BCUT2D eigenvalue weighted by molar-refractivity contribution is 6.21. The molecule has 0 heterocycles. The Bertz CT molecular complexity index is 1740. The van der Waals surface area contributed by atoms with E-state index in [-0.39, 0.29) is 0 Å². The number of hydrogen-bond donors (Lipinski definition) is 0.